The Hall–Kier alpha value is -2.34. The summed E-state index contributed by atoms with van der Waals surface area (Å²) in [6, 6.07) is 6.66. The highest BCUT2D eigenvalue weighted by Crippen LogP contribution is 2.35. The van der Waals surface area contributed by atoms with Crippen molar-refractivity contribution in [2.45, 2.75) is 11.8 Å². The summed E-state index contributed by atoms with van der Waals surface area (Å²) in [6.45, 7) is 1.92. The van der Waals surface area contributed by atoms with E-state index in [0.29, 0.717) is 16.0 Å². The van der Waals surface area contributed by atoms with Crippen LogP contribution in [0.25, 0.3) is 0 Å². The molecule has 0 unspecified atom stereocenters. The molecule has 1 N–H and O–H groups in total. The van der Waals surface area contributed by atoms with Crippen LogP contribution < -0.4 is 0 Å². The summed E-state index contributed by atoms with van der Waals surface area (Å²) in [5, 5.41) is 0. The van der Waals surface area contributed by atoms with Gasteiger partial charge in [0.2, 0.25) is 5.78 Å². The fourth-order valence-corrected chi connectivity index (χ4v) is 3.31. The highest BCUT2D eigenvalue weighted by atomic mass is 32.2. The second-order valence-electron chi connectivity index (χ2n) is 4.71. The zero-order chi connectivity index (χ0) is 15.9. The van der Waals surface area contributed by atoms with Crippen molar-refractivity contribution >= 4 is 29.3 Å². The Morgan fingerprint density at radius 2 is 1.82 bits per heavy atom. The molecule has 0 fully saturated rings. The van der Waals surface area contributed by atoms with Crippen molar-refractivity contribution in [2.24, 2.45) is 0 Å². The van der Waals surface area contributed by atoms with E-state index >= 15 is 0 Å². The average molecular weight is 315 g/mol. The first-order chi connectivity index (χ1) is 10.6. The second kappa shape index (κ2) is 5.46. The number of esters is 1. The van der Waals surface area contributed by atoms with Gasteiger partial charge in [-0.1, -0.05) is 24.3 Å². The lowest BCUT2D eigenvalue weighted by Crippen LogP contribution is -2.20. The number of H-pyrrole nitrogens is 1. The van der Waals surface area contributed by atoms with Crippen molar-refractivity contribution in [3.63, 3.8) is 0 Å². The van der Waals surface area contributed by atoms with E-state index in [0.717, 1.165) is 0 Å². The van der Waals surface area contributed by atoms with Crippen molar-refractivity contribution < 1.29 is 19.1 Å². The number of carbonyl (C=O) groups is 3. The summed E-state index contributed by atoms with van der Waals surface area (Å²) in [5.41, 5.74) is 1.30. The third kappa shape index (κ3) is 1.99. The number of aromatic nitrogens is 1. The third-order valence-electron chi connectivity index (χ3n) is 3.51. The lowest BCUT2D eigenvalue weighted by atomic mass is 9.88. The minimum Gasteiger partial charge on any atom is -0.461 e. The van der Waals surface area contributed by atoms with Crippen LogP contribution in [0.1, 0.15) is 49.4 Å². The number of ketones is 2. The van der Waals surface area contributed by atoms with Crippen LogP contribution in [0.3, 0.4) is 0 Å². The van der Waals surface area contributed by atoms with Gasteiger partial charge in [-0.15, -0.1) is 11.8 Å². The van der Waals surface area contributed by atoms with E-state index in [1.54, 1.807) is 37.4 Å². The van der Waals surface area contributed by atoms with Crippen LogP contribution >= 0.6 is 11.8 Å². The van der Waals surface area contributed by atoms with Gasteiger partial charge < -0.3 is 9.72 Å². The number of hydrogen-bond donors (Lipinski definition) is 1. The lowest BCUT2D eigenvalue weighted by Gasteiger charge is -2.14. The number of fused-ring (bicyclic) bond motifs is 2. The Kier molecular flexibility index (Phi) is 3.62. The molecule has 2 aromatic rings. The molecule has 0 radical (unpaired) electrons. The first-order valence-electron chi connectivity index (χ1n) is 6.75. The highest BCUT2D eigenvalue weighted by Gasteiger charge is 2.36. The smallest absolute Gasteiger partial charge is 0.355 e. The van der Waals surface area contributed by atoms with E-state index in [-0.39, 0.29) is 35.1 Å². The van der Waals surface area contributed by atoms with Crippen LogP contribution in [0.5, 0.6) is 0 Å². The largest absolute Gasteiger partial charge is 0.461 e. The zero-order valence-corrected chi connectivity index (χ0v) is 12.9. The minimum absolute atomic E-state index is 0.161. The molecule has 1 aliphatic rings. The molecule has 1 aromatic heterocycles. The van der Waals surface area contributed by atoms with E-state index in [2.05, 4.69) is 4.98 Å². The van der Waals surface area contributed by atoms with Gasteiger partial charge in [-0.2, -0.15) is 0 Å². The molecule has 5 nitrogen and oxygen atoms in total. The van der Waals surface area contributed by atoms with Gasteiger partial charge in [-0.3, -0.25) is 9.59 Å². The molecule has 0 bridgehead atoms. The minimum atomic E-state index is -0.564. The van der Waals surface area contributed by atoms with Gasteiger partial charge in [0.15, 0.2) is 5.78 Å². The van der Waals surface area contributed by atoms with E-state index in [1.807, 2.05) is 0 Å². The summed E-state index contributed by atoms with van der Waals surface area (Å²) in [4.78, 5) is 40.6. The normalized spacial score (nSPS) is 12.8. The molecule has 22 heavy (non-hydrogen) atoms. The van der Waals surface area contributed by atoms with Crippen LogP contribution in [0.2, 0.25) is 0 Å². The standard InChI is InChI=1S/C16H13NO4S/c1-3-21-16(20)12-15(22-2)10-11(17-12)14(19)9-7-5-4-6-8(9)13(10)18/h4-7,17H,3H2,1-2H3. The maximum absolute atomic E-state index is 12.7. The first-order valence-corrected chi connectivity index (χ1v) is 7.98. The van der Waals surface area contributed by atoms with Gasteiger partial charge in [0, 0.05) is 11.1 Å². The van der Waals surface area contributed by atoms with E-state index < -0.39 is 5.97 Å². The Balaban J connectivity index is 2.23. The molecule has 1 aliphatic carbocycles. The molecule has 1 heterocycles. The molecular weight excluding hydrogens is 302 g/mol. The molecule has 1 aromatic carbocycles. The van der Waals surface area contributed by atoms with E-state index in [1.165, 1.54) is 11.8 Å². The number of hydrogen-bond acceptors (Lipinski definition) is 5. The number of thioether (sulfide) groups is 1. The van der Waals surface area contributed by atoms with Gasteiger partial charge in [-0.05, 0) is 13.2 Å². The molecule has 0 amide bonds. The fraction of sp³-hybridized carbons (Fsp3) is 0.188. The molecular formula is C16H13NO4S. The fourth-order valence-electron chi connectivity index (χ4n) is 2.57. The summed E-state index contributed by atoms with van der Waals surface area (Å²) < 4.78 is 4.99. The third-order valence-corrected chi connectivity index (χ3v) is 4.32. The average Bonchev–Trinajstić information content (AvgIpc) is 2.93. The summed E-state index contributed by atoms with van der Waals surface area (Å²) in [6.07, 6.45) is 1.75. The Bertz CT molecular complexity index is 806. The Labute approximate surface area is 131 Å². The van der Waals surface area contributed by atoms with Crippen molar-refractivity contribution in [1.29, 1.82) is 0 Å². The van der Waals surface area contributed by atoms with Crippen molar-refractivity contribution in [2.75, 3.05) is 12.9 Å². The van der Waals surface area contributed by atoms with Crippen molar-refractivity contribution in [3.8, 4) is 0 Å². The van der Waals surface area contributed by atoms with Crippen molar-refractivity contribution in [3.05, 3.63) is 52.3 Å². The summed E-state index contributed by atoms with van der Waals surface area (Å²) in [7, 11) is 0. The molecule has 112 valence electrons. The monoisotopic (exact) mass is 315 g/mol. The number of nitrogens with one attached hydrogen (secondary N) is 1. The van der Waals surface area contributed by atoms with Crippen LogP contribution in [0, 0.1) is 0 Å². The summed E-state index contributed by atoms with van der Waals surface area (Å²) in [5.74, 6) is -1.09. The lowest BCUT2D eigenvalue weighted by molar-refractivity contribution is 0.0516. The maximum atomic E-state index is 12.7. The van der Waals surface area contributed by atoms with Gasteiger partial charge in [0.1, 0.15) is 5.69 Å². The topological polar surface area (TPSA) is 76.2 Å². The molecule has 6 heteroatoms. The van der Waals surface area contributed by atoms with E-state index in [4.69, 9.17) is 4.74 Å². The molecule has 0 spiro atoms. The Morgan fingerprint density at radius 1 is 1.18 bits per heavy atom. The first kappa shape index (κ1) is 14.6. The van der Waals surface area contributed by atoms with Crippen LogP contribution in [-0.2, 0) is 4.74 Å². The molecule has 0 saturated heterocycles. The number of carbonyl (C=O) groups excluding carboxylic acids is 3. The predicted octanol–water partition coefficient (Wildman–Crippen LogP) is 2.69. The summed E-state index contributed by atoms with van der Waals surface area (Å²) >= 11 is 1.25. The van der Waals surface area contributed by atoms with Gasteiger partial charge >= 0.3 is 5.97 Å². The molecule has 0 saturated carbocycles. The van der Waals surface area contributed by atoms with Gasteiger partial charge in [0.25, 0.3) is 0 Å². The van der Waals surface area contributed by atoms with Gasteiger partial charge in [0.05, 0.1) is 22.8 Å². The zero-order valence-electron chi connectivity index (χ0n) is 12.1. The van der Waals surface area contributed by atoms with Crippen LogP contribution in [-0.4, -0.2) is 35.4 Å². The van der Waals surface area contributed by atoms with Crippen LogP contribution in [0.15, 0.2) is 29.2 Å². The highest BCUT2D eigenvalue weighted by molar-refractivity contribution is 7.98. The quantitative estimate of drug-likeness (QED) is 0.594. The second-order valence-corrected chi connectivity index (χ2v) is 5.52. The van der Waals surface area contributed by atoms with Gasteiger partial charge in [-0.25, -0.2) is 4.79 Å². The number of rotatable bonds is 3. The van der Waals surface area contributed by atoms with E-state index in [9.17, 15) is 14.4 Å². The Morgan fingerprint density at radius 3 is 2.41 bits per heavy atom. The number of aromatic amines is 1. The maximum Gasteiger partial charge on any atom is 0.355 e. The predicted molar refractivity (Wildman–Crippen MR) is 81.8 cm³/mol. The van der Waals surface area contributed by atoms with Crippen molar-refractivity contribution in [1.82, 2.24) is 4.98 Å². The molecule has 0 atom stereocenters. The van der Waals surface area contributed by atoms with Crippen LogP contribution in [0.4, 0.5) is 0 Å². The number of benzene rings is 1. The SMILES string of the molecule is CCOC(=O)c1[nH]c2c(c1SC)C(=O)c1ccccc1C2=O. The number of ether oxygens (including phenoxy) is 1. The molecule has 3 rings (SSSR count). The molecule has 0 aliphatic heterocycles.